The van der Waals surface area contributed by atoms with E-state index in [0.29, 0.717) is 17.1 Å². The summed E-state index contributed by atoms with van der Waals surface area (Å²) in [4.78, 5) is 0. The Morgan fingerprint density at radius 3 is 2.50 bits per heavy atom. The van der Waals surface area contributed by atoms with Gasteiger partial charge in [-0.3, -0.25) is 0 Å². The second-order valence-corrected chi connectivity index (χ2v) is 8.43. The maximum atomic E-state index is 13.5. The average molecular weight is 322 g/mol. The smallest absolute Gasteiger partial charge is 0.154 e. The second-order valence-electron chi connectivity index (χ2n) is 5.43. The van der Waals surface area contributed by atoms with Gasteiger partial charge < -0.3 is 5.32 Å². The standard InChI is InChI=1S/C14H21ClFNO2S/c1-5-8-17-13(14(2,3)20(4,18)19)11-9-10(16)6-7-12(11)15/h6-7,9,13,17H,5,8H2,1-4H3. The summed E-state index contributed by atoms with van der Waals surface area (Å²) in [7, 11) is -3.35. The summed E-state index contributed by atoms with van der Waals surface area (Å²) in [5, 5.41) is 3.53. The van der Waals surface area contributed by atoms with Gasteiger partial charge in [0, 0.05) is 11.3 Å². The molecule has 0 aliphatic carbocycles. The molecule has 1 atom stereocenters. The Balaban J connectivity index is 3.36. The van der Waals surface area contributed by atoms with Crippen molar-refractivity contribution in [2.45, 2.75) is 38.0 Å². The molecule has 0 bridgehead atoms. The fraction of sp³-hybridized carbons (Fsp3) is 0.571. The Morgan fingerprint density at radius 1 is 1.40 bits per heavy atom. The third-order valence-corrected chi connectivity index (χ3v) is 6.01. The highest BCUT2D eigenvalue weighted by atomic mass is 35.5. The lowest BCUT2D eigenvalue weighted by Gasteiger charge is -2.34. The molecular formula is C14H21ClFNO2S. The van der Waals surface area contributed by atoms with Gasteiger partial charge in [-0.25, -0.2) is 12.8 Å². The number of sulfone groups is 1. The van der Waals surface area contributed by atoms with Crippen LogP contribution >= 0.6 is 11.6 Å². The minimum absolute atomic E-state index is 0.358. The van der Waals surface area contributed by atoms with Crippen molar-refractivity contribution < 1.29 is 12.8 Å². The van der Waals surface area contributed by atoms with Crippen molar-refractivity contribution in [3.05, 3.63) is 34.6 Å². The molecule has 114 valence electrons. The van der Waals surface area contributed by atoms with Crippen LogP contribution in [0.25, 0.3) is 0 Å². The largest absolute Gasteiger partial charge is 0.309 e. The summed E-state index contributed by atoms with van der Waals surface area (Å²) in [5.74, 6) is -0.433. The van der Waals surface area contributed by atoms with Crippen molar-refractivity contribution in [2.75, 3.05) is 12.8 Å². The Hall–Kier alpha value is -0.650. The first-order valence-corrected chi connectivity index (χ1v) is 8.76. The predicted octanol–water partition coefficient (Wildman–Crippen LogP) is 3.34. The lowest BCUT2D eigenvalue weighted by Crippen LogP contribution is -2.45. The van der Waals surface area contributed by atoms with Crippen LogP contribution in [0.3, 0.4) is 0 Å². The number of hydrogen-bond donors (Lipinski definition) is 1. The molecule has 0 heterocycles. The first-order chi connectivity index (χ1) is 9.11. The van der Waals surface area contributed by atoms with Crippen LogP contribution in [0.15, 0.2) is 18.2 Å². The quantitative estimate of drug-likeness (QED) is 0.874. The van der Waals surface area contributed by atoms with Crippen LogP contribution in [-0.4, -0.2) is 26.0 Å². The zero-order chi connectivity index (χ0) is 15.6. The van der Waals surface area contributed by atoms with Crippen molar-refractivity contribution in [1.82, 2.24) is 5.32 Å². The molecule has 1 N–H and O–H groups in total. The normalized spacial score (nSPS) is 14.3. The molecule has 0 fully saturated rings. The van der Waals surface area contributed by atoms with E-state index >= 15 is 0 Å². The van der Waals surface area contributed by atoms with E-state index in [-0.39, 0.29) is 0 Å². The maximum absolute atomic E-state index is 13.5. The third-order valence-electron chi connectivity index (χ3n) is 3.52. The van der Waals surface area contributed by atoms with Gasteiger partial charge in [0.15, 0.2) is 9.84 Å². The summed E-state index contributed by atoms with van der Waals surface area (Å²) in [6, 6.07) is 3.44. The second kappa shape index (κ2) is 6.41. The van der Waals surface area contributed by atoms with E-state index in [2.05, 4.69) is 5.32 Å². The maximum Gasteiger partial charge on any atom is 0.154 e. The minimum Gasteiger partial charge on any atom is -0.309 e. The fourth-order valence-electron chi connectivity index (χ4n) is 1.97. The molecule has 0 saturated carbocycles. The average Bonchev–Trinajstić information content (AvgIpc) is 2.32. The predicted molar refractivity (Wildman–Crippen MR) is 81.4 cm³/mol. The Bertz CT molecular complexity index is 573. The lowest BCUT2D eigenvalue weighted by molar-refractivity contribution is 0.418. The number of benzene rings is 1. The highest BCUT2D eigenvalue weighted by Crippen LogP contribution is 2.36. The number of nitrogens with one attached hydrogen (secondary N) is 1. The van der Waals surface area contributed by atoms with Crippen molar-refractivity contribution in [3.63, 3.8) is 0 Å². The molecule has 1 aromatic rings. The van der Waals surface area contributed by atoms with Gasteiger partial charge in [0.2, 0.25) is 0 Å². The van der Waals surface area contributed by atoms with Crippen LogP contribution in [0.4, 0.5) is 4.39 Å². The minimum atomic E-state index is -3.35. The van der Waals surface area contributed by atoms with Crippen LogP contribution in [-0.2, 0) is 9.84 Å². The lowest BCUT2D eigenvalue weighted by atomic mass is 9.94. The van der Waals surface area contributed by atoms with Gasteiger partial charge in [-0.2, -0.15) is 0 Å². The van der Waals surface area contributed by atoms with Crippen LogP contribution in [0.5, 0.6) is 0 Å². The van der Waals surface area contributed by atoms with Gasteiger partial charge in [0.05, 0.1) is 10.8 Å². The van der Waals surface area contributed by atoms with Crippen molar-refractivity contribution in [2.24, 2.45) is 0 Å². The Labute approximate surface area is 125 Å². The van der Waals surface area contributed by atoms with Gasteiger partial charge >= 0.3 is 0 Å². The monoisotopic (exact) mass is 321 g/mol. The molecule has 6 heteroatoms. The molecule has 0 radical (unpaired) electrons. The Morgan fingerprint density at radius 2 is 2.00 bits per heavy atom. The van der Waals surface area contributed by atoms with Gasteiger partial charge in [0.25, 0.3) is 0 Å². The van der Waals surface area contributed by atoms with Crippen molar-refractivity contribution in [3.8, 4) is 0 Å². The molecular weight excluding hydrogens is 301 g/mol. The summed E-state index contributed by atoms with van der Waals surface area (Å²) in [6.45, 7) is 5.84. The van der Waals surface area contributed by atoms with E-state index < -0.39 is 26.4 Å². The molecule has 3 nitrogen and oxygen atoms in total. The third kappa shape index (κ3) is 3.71. The zero-order valence-corrected chi connectivity index (χ0v) is 13.8. The molecule has 1 rings (SSSR count). The van der Waals surface area contributed by atoms with Gasteiger partial charge in [-0.15, -0.1) is 0 Å². The van der Waals surface area contributed by atoms with E-state index in [4.69, 9.17) is 11.6 Å². The highest BCUT2D eigenvalue weighted by molar-refractivity contribution is 7.92. The van der Waals surface area contributed by atoms with Gasteiger partial charge in [0.1, 0.15) is 5.82 Å². The van der Waals surface area contributed by atoms with Crippen LogP contribution in [0.1, 0.15) is 38.8 Å². The SMILES string of the molecule is CCCNC(c1cc(F)ccc1Cl)C(C)(C)S(C)(=O)=O. The van der Waals surface area contributed by atoms with Crippen molar-refractivity contribution >= 4 is 21.4 Å². The van der Waals surface area contributed by atoms with Crippen LogP contribution < -0.4 is 5.32 Å². The molecule has 20 heavy (non-hydrogen) atoms. The van der Waals surface area contributed by atoms with E-state index in [1.807, 2.05) is 6.92 Å². The van der Waals surface area contributed by atoms with Gasteiger partial charge in [-0.05, 0) is 50.6 Å². The Kier molecular flexibility index (Phi) is 5.58. The van der Waals surface area contributed by atoms with E-state index in [9.17, 15) is 12.8 Å². The van der Waals surface area contributed by atoms with Crippen molar-refractivity contribution in [1.29, 1.82) is 0 Å². The molecule has 1 aromatic carbocycles. The van der Waals surface area contributed by atoms with E-state index in [1.54, 1.807) is 13.8 Å². The summed E-state index contributed by atoms with van der Waals surface area (Å²) in [6.07, 6.45) is 2.02. The van der Waals surface area contributed by atoms with E-state index in [1.165, 1.54) is 24.5 Å². The molecule has 0 spiro atoms. The fourth-order valence-corrected chi connectivity index (χ4v) is 2.83. The number of halogens is 2. The molecule has 0 aromatic heterocycles. The number of hydrogen-bond acceptors (Lipinski definition) is 3. The molecule has 0 saturated heterocycles. The zero-order valence-electron chi connectivity index (χ0n) is 12.2. The molecule has 0 amide bonds. The molecule has 0 aliphatic rings. The topological polar surface area (TPSA) is 46.2 Å². The highest BCUT2D eigenvalue weighted by Gasteiger charge is 2.40. The molecule has 0 aliphatic heterocycles. The first-order valence-electron chi connectivity index (χ1n) is 6.49. The van der Waals surface area contributed by atoms with Crippen LogP contribution in [0, 0.1) is 5.82 Å². The number of rotatable bonds is 6. The van der Waals surface area contributed by atoms with Gasteiger partial charge in [-0.1, -0.05) is 18.5 Å². The van der Waals surface area contributed by atoms with Crippen LogP contribution in [0.2, 0.25) is 5.02 Å². The summed E-state index contributed by atoms with van der Waals surface area (Å²) >= 11 is 6.12. The summed E-state index contributed by atoms with van der Waals surface area (Å²) < 4.78 is 36.5. The van der Waals surface area contributed by atoms with E-state index in [0.717, 1.165) is 6.42 Å². The first kappa shape index (κ1) is 17.4. The molecule has 1 unspecified atom stereocenters. The summed E-state index contributed by atoms with van der Waals surface area (Å²) in [5.41, 5.74) is 0.468.